The van der Waals surface area contributed by atoms with E-state index >= 15 is 0 Å². The zero-order valence-electron chi connectivity index (χ0n) is 8.77. The van der Waals surface area contributed by atoms with Gasteiger partial charge in [0.15, 0.2) is 0 Å². The van der Waals surface area contributed by atoms with E-state index in [0.717, 1.165) is 11.1 Å². The highest BCUT2D eigenvalue weighted by molar-refractivity contribution is 7.58. The molecule has 0 aromatic heterocycles. The minimum absolute atomic E-state index is 0.378. The number of hydrogen-bond acceptors (Lipinski definition) is 3. The second-order valence-corrected chi connectivity index (χ2v) is 5.18. The third kappa shape index (κ3) is 1.99. The smallest absolute Gasteiger partial charge is 0.403 e. The largest absolute Gasteiger partial charge is 0.421 e. The van der Waals surface area contributed by atoms with Crippen molar-refractivity contribution in [1.82, 2.24) is 0 Å². The van der Waals surface area contributed by atoms with Gasteiger partial charge in [0.05, 0.1) is 6.61 Å². The highest BCUT2D eigenvalue weighted by Gasteiger charge is 2.27. The van der Waals surface area contributed by atoms with E-state index in [4.69, 9.17) is 9.05 Å². The number of para-hydroxylation sites is 1. The van der Waals surface area contributed by atoms with Crippen LogP contribution in [0.1, 0.15) is 18.1 Å². The molecule has 1 aromatic rings. The zero-order valence-corrected chi connectivity index (χ0v) is 9.66. The molecule has 0 amide bonds. The second kappa shape index (κ2) is 3.84. The van der Waals surface area contributed by atoms with Crippen LogP contribution in [0.2, 0.25) is 0 Å². The molecule has 15 heavy (non-hydrogen) atoms. The lowest BCUT2D eigenvalue weighted by Crippen LogP contribution is -2.01. The van der Waals surface area contributed by atoms with E-state index in [1.807, 2.05) is 25.1 Å². The molecule has 4 heteroatoms. The maximum absolute atomic E-state index is 12.0. The van der Waals surface area contributed by atoms with Gasteiger partial charge in [-0.15, -0.1) is 0 Å². The Hall–Kier alpha value is -1.05. The maximum atomic E-state index is 12.0. The Morgan fingerprint density at radius 3 is 3.00 bits per heavy atom. The minimum Gasteiger partial charge on any atom is -0.421 e. The van der Waals surface area contributed by atoms with Gasteiger partial charge in [-0.05, 0) is 25.5 Å². The fourth-order valence-corrected chi connectivity index (χ4v) is 2.92. The molecule has 80 valence electrons. The molecule has 0 N–H and O–H groups in total. The quantitative estimate of drug-likeness (QED) is 0.720. The second-order valence-electron chi connectivity index (χ2n) is 3.36. The van der Waals surface area contributed by atoms with Crippen LogP contribution in [0.15, 0.2) is 24.0 Å². The van der Waals surface area contributed by atoms with Crippen LogP contribution in [-0.4, -0.2) is 6.61 Å². The Bertz CT molecular complexity index is 451. The van der Waals surface area contributed by atoms with Crippen molar-refractivity contribution in [2.75, 3.05) is 6.61 Å². The molecule has 0 bridgehead atoms. The van der Waals surface area contributed by atoms with Crippen molar-refractivity contribution in [2.45, 2.75) is 13.8 Å². The number of fused-ring (bicyclic) bond motifs is 1. The van der Waals surface area contributed by atoms with Crippen molar-refractivity contribution in [3.05, 3.63) is 35.1 Å². The summed E-state index contributed by atoms with van der Waals surface area (Å²) in [5, 5.41) is 0. The summed E-state index contributed by atoms with van der Waals surface area (Å²) in [5.74, 6) is 2.18. The molecule has 1 heterocycles. The van der Waals surface area contributed by atoms with E-state index in [0.29, 0.717) is 12.4 Å². The Morgan fingerprint density at radius 2 is 2.27 bits per heavy atom. The molecule has 1 atom stereocenters. The first-order chi connectivity index (χ1) is 7.14. The highest BCUT2D eigenvalue weighted by atomic mass is 31.2. The van der Waals surface area contributed by atoms with Gasteiger partial charge in [0.1, 0.15) is 5.75 Å². The summed E-state index contributed by atoms with van der Waals surface area (Å²) in [6.45, 7) is 4.10. The topological polar surface area (TPSA) is 35.5 Å². The van der Waals surface area contributed by atoms with Crippen molar-refractivity contribution < 1.29 is 13.6 Å². The normalized spacial score (nSPS) is 23.3. The molecule has 0 spiro atoms. The van der Waals surface area contributed by atoms with E-state index in [1.54, 1.807) is 13.0 Å². The first-order valence-electron chi connectivity index (χ1n) is 4.87. The van der Waals surface area contributed by atoms with E-state index < -0.39 is 7.60 Å². The van der Waals surface area contributed by atoms with Gasteiger partial charge in [-0.25, -0.2) is 4.57 Å². The molecule has 0 radical (unpaired) electrons. The van der Waals surface area contributed by atoms with Crippen LogP contribution in [0, 0.1) is 6.92 Å². The van der Waals surface area contributed by atoms with Gasteiger partial charge in [-0.1, -0.05) is 18.2 Å². The summed E-state index contributed by atoms with van der Waals surface area (Å²) in [5.41, 5.74) is 1.91. The average Bonchev–Trinajstić information content (AvgIpc) is 2.20. The van der Waals surface area contributed by atoms with Gasteiger partial charge in [-0.2, -0.15) is 0 Å². The van der Waals surface area contributed by atoms with Crippen molar-refractivity contribution in [3.8, 4) is 5.75 Å². The predicted molar refractivity (Wildman–Crippen MR) is 60.1 cm³/mol. The lowest BCUT2D eigenvalue weighted by molar-refractivity contribution is 0.287. The molecule has 1 aromatic carbocycles. The molecular formula is C11H13O3P. The highest BCUT2D eigenvalue weighted by Crippen LogP contribution is 2.54. The molecule has 2 rings (SSSR count). The van der Waals surface area contributed by atoms with Crippen LogP contribution >= 0.6 is 7.60 Å². The third-order valence-corrected chi connectivity index (χ3v) is 3.78. The number of hydrogen-bond donors (Lipinski definition) is 0. The minimum atomic E-state index is -3.05. The van der Waals surface area contributed by atoms with Gasteiger partial charge < -0.3 is 4.52 Å². The average molecular weight is 224 g/mol. The molecule has 1 aliphatic heterocycles. The zero-order chi connectivity index (χ0) is 10.9. The van der Waals surface area contributed by atoms with Crippen LogP contribution in [0.5, 0.6) is 5.75 Å². The Balaban J connectivity index is 2.41. The van der Waals surface area contributed by atoms with Crippen LogP contribution < -0.4 is 4.52 Å². The predicted octanol–water partition coefficient (Wildman–Crippen LogP) is 3.59. The molecule has 1 unspecified atom stereocenters. The number of aryl methyl sites for hydroxylation is 1. The Kier molecular flexibility index (Phi) is 2.68. The van der Waals surface area contributed by atoms with Crippen LogP contribution in [0.25, 0.3) is 6.08 Å². The fourth-order valence-electron chi connectivity index (χ4n) is 1.51. The lowest BCUT2D eigenvalue weighted by atomic mass is 10.1. The summed E-state index contributed by atoms with van der Waals surface area (Å²) in [6.07, 6.45) is 1.79. The molecule has 1 aliphatic rings. The lowest BCUT2D eigenvalue weighted by Gasteiger charge is -2.21. The molecule has 3 nitrogen and oxygen atoms in total. The first-order valence-corrected chi connectivity index (χ1v) is 6.48. The SMILES string of the molecule is CCOP1(=O)C=Cc2cccc(C)c2O1. The van der Waals surface area contributed by atoms with E-state index in [2.05, 4.69) is 0 Å². The van der Waals surface area contributed by atoms with Crippen molar-refractivity contribution in [3.63, 3.8) is 0 Å². The van der Waals surface area contributed by atoms with Crippen LogP contribution in [-0.2, 0) is 9.09 Å². The first kappa shape index (κ1) is 10.5. The number of benzene rings is 1. The van der Waals surface area contributed by atoms with Gasteiger partial charge in [-0.3, -0.25) is 4.52 Å². The van der Waals surface area contributed by atoms with Gasteiger partial charge in [0, 0.05) is 11.4 Å². The summed E-state index contributed by atoms with van der Waals surface area (Å²) in [6, 6.07) is 5.79. The molecular weight excluding hydrogens is 211 g/mol. The maximum Gasteiger partial charge on any atom is 0.403 e. The number of rotatable bonds is 2. The third-order valence-electron chi connectivity index (χ3n) is 2.21. The van der Waals surface area contributed by atoms with E-state index in [9.17, 15) is 4.57 Å². The van der Waals surface area contributed by atoms with Crippen LogP contribution in [0.3, 0.4) is 0 Å². The summed E-state index contributed by atoms with van der Waals surface area (Å²) >= 11 is 0. The van der Waals surface area contributed by atoms with Crippen molar-refractivity contribution in [1.29, 1.82) is 0 Å². The Morgan fingerprint density at radius 1 is 1.47 bits per heavy atom. The molecule has 0 fully saturated rings. The molecule has 0 saturated carbocycles. The standard InChI is InChI=1S/C11H13O3P/c1-3-13-15(12)8-7-10-6-4-5-9(2)11(10)14-15/h4-8H,3H2,1-2H3. The summed E-state index contributed by atoms with van der Waals surface area (Å²) in [7, 11) is -3.05. The van der Waals surface area contributed by atoms with E-state index in [-0.39, 0.29) is 0 Å². The van der Waals surface area contributed by atoms with Gasteiger partial charge >= 0.3 is 7.60 Å². The molecule has 0 saturated heterocycles. The summed E-state index contributed by atoms with van der Waals surface area (Å²) < 4.78 is 22.6. The van der Waals surface area contributed by atoms with Crippen molar-refractivity contribution in [2.24, 2.45) is 0 Å². The Labute approximate surface area is 89.3 Å². The van der Waals surface area contributed by atoms with Crippen molar-refractivity contribution >= 4 is 13.7 Å². The van der Waals surface area contributed by atoms with Gasteiger partial charge in [0.25, 0.3) is 0 Å². The van der Waals surface area contributed by atoms with Gasteiger partial charge in [0.2, 0.25) is 0 Å². The monoisotopic (exact) mass is 224 g/mol. The van der Waals surface area contributed by atoms with E-state index in [1.165, 1.54) is 5.82 Å². The van der Waals surface area contributed by atoms with Crippen LogP contribution in [0.4, 0.5) is 0 Å². The fraction of sp³-hybridized carbons (Fsp3) is 0.273. The summed E-state index contributed by atoms with van der Waals surface area (Å²) in [4.78, 5) is 0. The molecule has 0 aliphatic carbocycles.